The van der Waals surface area contributed by atoms with Crippen molar-refractivity contribution < 1.29 is 35.2 Å². The van der Waals surface area contributed by atoms with Gasteiger partial charge in [-0.2, -0.15) is 17.5 Å². The number of sulfonamides is 1. The summed E-state index contributed by atoms with van der Waals surface area (Å²) in [5, 5.41) is 0.504. The molecule has 1 heterocycles. The smallest absolute Gasteiger partial charge is 0.344 e. The van der Waals surface area contributed by atoms with Gasteiger partial charge in [0.15, 0.2) is 5.82 Å². The Morgan fingerprint density at radius 1 is 1.16 bits per heavy atom. The number of hydrogen-bond donors (Lipinski definition) is 1. The summed E-state index contributed by atoms with van der Waals surface area (Å²) in [7, 11) is -2.82. The number of rotatable bonds is 5. The summed E-state index contributed by atoms with van der Waals surface area (Å²) in [6.07, 6.45) is -4.00. The number of nitrogens with zero attached hydrogens (tertiary/aromatic N) is 2. The van der Waals surface area contributed by atoms with Crippen LogP contribution < -0.4 is 5.32 Å². The molecule has 2 aromatic rings. The van der Waals surface area contributed by atoms with E-state index in [1.165, 1.54) is 7.05 Å². The highest BCUT2D eigenvalue weighted by Crippen LogP contribution is 2.34. The molecule has 0 unspecified atom stereocenters. The van der Waals surface area contributed by atoms with Gasteiger partial charge in [0.1, 0.15) is 27.5 Å². The van der Waals surface area contributed by atoms with Gasteiger partial charge in [-0.25, -0.2) is 17.2 Å². The first-order chi connectivity index (χ1) is 14.6. The van der Waals surface area contributed by atoms with Crippen molar-refractivity contribution >= 4 is 44.8 Å². The van der Waals surface area contributed by atoms with E-state index in [0.717, 1.165) is 22.9 Å². The maximum absolute atomic E-state index is 14.0. The number of aromatic nitrogens is 1. The van der Waals surface area contributed by atoms with Gasteiger partial charge in [-0.15, -0.1) is 0 Å². The minimum absolute atomic E-state index is 0.0648. The van der Waals surface area contributed by atoms with E-state index in [-0.39, 0.29) is 4.31 Å². The lowest BCUT2D eigenvalue weighted by molar-refractivity contribution is -0.164. The Kier molecular flexibility index (Phi) is 9.12. The van der Waals surface area contributed by atoms with Crippen LogP contribution in [0, 0.1) is 11.6 Å². The molecular formula is C18H20Cl2F5N3O3S. The van der Waals surface area contributed by atoms with Gasteiger partial charge in [0, 0.05) is 20.3 Å². The summed E-state index contributed by atoms with van der Waals surface area (Å²) in [6, 6.07) is -0.704. The second kappa shape index (κ2) is 10.4. The third-order valence-electron chi connectivity index (χ3n) is 4.26. The van der Waals surface area contributed by atoms with Gasteiger partial charge in [-0.05, 0) is 19.1 Å². The van der Waals surface area contributed by atoms with Crippen LogP contribution in [0.4, 0.5) is 27.6 Å². The van der Waals surface area contributed by atoms with Crippen molar-refractivity contribution in [3.8, 4) is 0 Å². The van der Waals surface area contributed by atoms with E-state index in [4.69, 9.17) is 23.2 Å². The van der Waals surface area contributed by atoms with Crippen LogP contribution in [0.5, 0.6) is 0 Å². The highest BCUT2D eigenvalue weighted by atomic mass is 35.5. The van der Waals surface area contributed by atoms with Gasteiger partial charge >= 0.3 is 6.18 Å². The van der Waals surface area contributed by atoms with Gasteiger partial charge < -0.3 is 9.88 Å². The zero-order chi connectivity index (χ0) is 25.2. The van der Waals surface area contributed by atoms with Crippen LogP contribution in [0.2, 0.25) is 10.0 Å². The Hall–Kier alpha value is -1.89. The predicted octanol–water partition coefficient (Wildman–Crippen LogP) is 5.46. The van der Waals surface area contributed by atoms with Gasteiger partial charge in [0.05, 0.1) is 10.7 Å². The van der Waals surface area contributed by atoms with Crippen molar-refractivity contribution in [1.82, 2.24) is 8.87 Å². The van der Waals surface area contributed by atoms with Crippen LogP contribution in [-0.4, -0.2) is 42.5 Å². The molecule has 1 aromatic carbocycles. The maximum atomic E-state index is 14.0. The molecule has 1 N–H and O–H groups in total. The molecule has 0 aliphatic carbocycles. The van der Waals surface area contributed by atoms with E-state index in [1.807, 2.05) is 13.8 Å². The lowest BCUT2D eigenvalue weighted by Gasteiger charge is -2.25. The van der Waals surface area contributed by atoms with Crippen LogP contribution in [0.25, 0.3) is 0 Å². The number of hydrogen-bond acceptors (Lipinski definition) is 3. The standard InChI is InChI=1S/C16H14Cl2F5N3O3S.C2H6/c1-7(16(21,22)23)26(3)30(28,29)10-6-25(2)14(12(10)18)15(27)24-9-5-4-8(19)11(17)13(9)20;1-2/h4-7H,1-3H3,(H,24,27);1-2H3/t7-;/m1./s1. The van der Waals surface area contributed by atoms with E-state index < -0.39 is 66.1 Å². The summed E-state index contributed by atoms with van der Waals surface area (Å²) in [5.41, 5.74) is -1.00. The molecule has 14 heteroatoms. The van der Waals surface area contributed by atoms with Crippen molar-refractivity contribution in [2.75, 3.05) is 12.4 Å². The molecular weight excluding hydrogens is 504 g/mol. The number of halogens is 7. The average molecular weight is 524 g/mol. The summed E-state index contributed by atoms with van der Waals surface area (Å²) in [5.74, 6) is -3.45. The van der Waals surface area contributed by atoms with Crippen LogP contribution in [-0.2, 0) is 17.1 Å². The normalized spacial score (nSPS) is 12.9. The second-order valence-corrected chi connectivity index (χ2v) is 8.90. The van der Waals surface area contributed by atoms with Gasteiger partial charge in [0.2, 0.25) is 10.0 Å². The molecule has 32 heavy (non-hydrogen) atoms. The average Bonchev–Trinajstić information content (AvgIpc) is 3.02. The van der Waals surface area contributed by atoms with E-state index in [2.05, 4.69) is 5.32 Å². The fourth-order valence-corrected chi connectivity index (χ4v) is 4.57. The third kappa shape index (κ3) is 5.53. The Balaban J connectivity index is 0.00000249. The van der Waals surface area contributed by atoms with Crippen LogP contribution in [0.15, 0.2) is 23.2 Å². The molecule has 0 aliphatic rings. The number of aryl methyl sites for hydroxylation is 1. The fraction of sp³-hybridized carbons (Fsp3) is 0.389. The van der Waals surface area contributed by atoms with E-state index >= 15 is 0 Å². The molecule has 0 spiro atoms. The summed E-state index contributed by atoms with van der Waals surface area (Å²) >= 11 is 11.4. The molecule has 0 saturated heterocycles. The molecule has 180 valence electrons. The minimum atomic E-state index is -4.84. The zero-order valence-corrected chi connectivity index (χ0v) is 19.8. The molecule has 0 saturated carbocycles. The van der Waals surface area contributed by atoms with Crippen molar-refractivity contribution in [1.29, 1.82) is 0 Å². The highest BCUT2D eigenvalue weighted by Gasteiger charge is 2.44. The maximum Gasteiger partial charge on any atom is 0.404 e. The van der Waals surface area contributed by atoms with Crippen LogP contribution in [0.1, 0.15) is 31.3 Å². The Morgan fingerprint density at radius 3 is 2.19 bits per heavy atom. The number of amides is 1. The first-order valence-corrected chi connectivity index (χ1v) is 11.1. The molecule has 0 fully saturated rings. The number of carbonyl (C=O) groups is 1. The van der Waals surface area contributed by atoms with E-state index in [1.54, 1.807) is 0 Å². The molecule has 0 bridgehead atoms. The minimum Gasteiger partial charge on any atom is -0.344 e. The molecule has 0 radical (unpaired) electrons. The van der Waals surface area contributed by atoms with Gasteiger partial charge in [-0.3, -0.25) is 4.79 Å². The molecule has 6 nitrogen and oxygen atoms in total. The number of benzene rings is 1. The number of anilines is 1. The quantitative estimate of drug-likeness (QED) is 0.417. The SMILES string of the molecule is CC.C[C@@H](N(C)S(=O)(=O)c1cn(C)c(C(=O)Nc2ccc(F)c(Cl)c2F)c1Cl)C(F)(F)F. The first kappa shape index (κ1) is 28.1. The van der Waals surface area contributed by atoms with E-state index in [9.17, 15) is 35.2 Å². The summed E-state index contributed by atoms with van der Waals surface area (Å²) in [4.78, 5) is 11.7. The second-order valence-electron chi connectivity index (χ2n) is 6.18. The molecule has 1 aromatic heterocycles. The third-order valence-corrected chi connectivity index (χ3v) is 7.04. The van der Waals surface area contributed by atoms with E-state index in [0.29, 0.717) is 14.0 Å². The Bertz CT molecular complexity index is 1100. The van der Waals surface area contributed by atoms with Crippen molar-refractivity contribution in [3.63, 3.8) is 0 Å². The molecule has 2 rings (SSSR count). The lowest BCUT2D eigenvalue weighted by Crippen LogP contribution is -2.44. The van der Waals surface area contributed by atoms with Crippen LogP contribution >= 0.6 is 23.2 Å². The zero-order valence-electron chi connectivity index (χ0n) is 17.5. The van der Waals surface area contributed by atoms with Crippen LogP contribution in [0.3, 0.4) is 0 Å². The van der Waals surface area contributed by atoms with Crippen molar-refractivity contribution in [3.05, 3.63) is 45.7 Å². The lowest BCUT2D eigenvalue weighted by atomic mass is 10.2. The molecule has 0 aliphatic heterocycles. The largest absolute Gasteiger partial charge is 0.404 e. The number of carbonyl (C=O) groups excluding carboxylic acids is 1. The first-order valence-electron chi connectivity index (χ1n) is 8.95. The Morgan fingerprint density at radius 2 is 1.69 bits per heavy atom. The summed E-state index contributed by atoms with van der Waals surface area (Å²) in [6.45, 7) is 4.64. The molecule has 1 atom stereocenters. The monoisotopic (exact) mass is 523 g/mol. The highest BCUT2D eigenvalue weighted by molar-refractivity contribution is 7.89. The number of nitrogens with one attached hydrogen (secondary N) is 1. The fourth-order valence-electron chi connectivity index (χ4n) is 2.38. The Labute approximate surface area is 191 Å². The van der Waals surface area contributed by atoms with Gasteiger partial charge in [-0.1, -0.05) is 37.0 Å². The predicted molar refractivity (Wildman–Crippen MR) is 112 cm³/mol. The number of alkyl halides is 3. The topological polar surface area (TPSA) is 71.4 Å². The summed E-state index contributed by atoms with van der Waals surface area (Å²) < 4.78 is 92.2. The van der Waals surface area contributed by atoms with Gasteiger partial charge in [0.25, 0.3) is 5.91 Å². The van der Waals surface area contributed by atoms with Crippen molar-refractivity contribution in [2.24, 2.45) is 7.05 Å². The van der Waals surface area contributed by atoms with Crippen molar-refractivity contribution in [2.45, 2.75) is 37.9 Å². The molecule has 1 amide bonds.